The van der Waals surface area contributed by atoms with Gasteiger partial charge in [0, 0.05) is 5.92 Å². The zero-order valence-electron chi connectivity index (χ0n) is 9.88. The lowest BCUT2D eigenvalue weighted by molar-refractivity contribution is -0.119. The van der Waals surface area contributed by atoms with E-state index in [9.17, 15) is 13.6 Å². The number of carbonyl (C=O) groups is 1. The van der Waals surface area contributed by atoms with E-state index in [0.29, 0.717) is 5.56 Å². The van der Waals surface area contributed by atoms with E-state index in [1.807, 2.05) is 0 Å². The van der Waals surface area contributed by atoms with Crippen LogP contribution in [0.25, 0.3) is 0 Å². The molecule has 1 saturated carbocycles. The molecule has 0 spiro atoms. The summed E-state index contributed by atoms with van der Waals surface area (Å²) in [7, 11) is 0. The van der Waals surface area contributed by atoms with Crippen LogP contribution in [-0.2, 0) is 4.79 Å². The number of Topliss-reactive ketones (excluding diaryl/α,β-unsaturated/α-hetero) is 1. The number of hydrogen-bond acceptors (Lipinski definition) is 1. The van der Waals surface area contributed by atoms with Crippen LogP contribution in [0.2, 0.25) is 0 Å². The van der Waals surface area contributed by atoms with Crippen LogP contribution < -0.4 is 0 Å². The standard InChI is InChI=1S/C14H16F2O/c1-9(17)14(10-4-2-3-5-10)11-6-7-12(15)13(16)8-11/h6-8,10,14H,2-5H2,1H3. The summed E-state index contributed by atoms with van der Waals surface area (Å²) in [6.45, 7) is 1.53. The lowest BCUT2D eigenvalue weighted by Gasteiger charge is -2.21. The molecule has 1 fully saturated rings. The molecule has 0 aromatic heterocycles. The fourth-order valence-corrected chi connectivity index (χ4v) is 2.84. The fourth-order valence-electron chi connectivity index (χ4n) is 2.84. The third-order valence-electron chi connectivity index (χ3n) is 3.61. The van der Waals surface area contributed by atoms with E-state index in [4.69, 9.17) is 0 Å². The van der Waals surface area contributed by atoms with Gasteiger partial charge in [-0.05, 0) is 43.4 Å². The van der Waals surface area contributed by atoms with Gasteiger partial charge in [0.1, 0.15) is 5.78 Å². The van der Waals surface area contributed by atoms with Gasteiger partial charge in [0.25, 0.3) is 0 Å². The van der Waals surface area contributed by atoms with E-state index in [0.717, 1.165) is 31.7 Å². The summed E-state index contributed by atoms with van der Waals surface area (Å²) < 4.78 is 26.1. The van der Waals surface area contributed by atoms with Gasteiger partial charge in [0.2, 0.25) is 0 Å². The number of hydrogen-bond donors (Lipinski definition) is 0. The lowest BCUT2D eigenvalue weighted by Crippen LogP contribution is -2.18. The second-order valence-electron chi connectivity index (χ2n) is 4.81. The molecule has 0 amide bonds. The molecule has 2 rings (SSSR count). The van der Waals surface area contributed by atoms with Crippen molar-refractivity contribution in [3.8, 4) is 0 Å². The smallest absolute Gasteiger partial charge is 0.159 e. The zero-order valence-corrected chi connectivity index (χ0v) is 9.88. The van der Waals surface area contributed by atoms with Crippen molar-refractivity contribution in [2.45, 2.75) is 38.5 Å². The first-order valence-corrected chi connectivity index (χ1v) is 6.05. The van der Waals surface area contributed by atoms with Gasteiger partial charge in [-0.1, -0.05) is 18.9 Å². The molecule has 1 aromatic carbocycles. The second kappa shape index (κ2) is 4.94. The van der Waals surface area contributed by atoms with Crippen LogP contribution in [0.3, 0.4) is 0 Å². The first-order chi connectivity index (χ1) is 8.09. The van der Waals surface area contributed by atoms with Gasteiger partial charge < -0.3 is 0 Å². The molecule has 0 radical (unpaired) electrons. The van der Waals surface area contributed by atoms with Crippen LogP contribution in [0.4, 0.5) is 8.78 Å². The maximum atomic E-state index is 13.2. The van der Waals surface area contributed by atoms with Gasteiger partial charge in [-0.15, -0.1) is 0 Å². The number of rotatable bonds is 3. The van der Waals surface area contributed by atoms with Crippen molar-refractivity contribution in [1.82, 2.24) is 0 Å². The molecule has 1 atom stereocenters. The molecule has 1 aliphatic carbocycles. The van der Waals surface area contributed by atoms with Crippen molar-refractivity contribution in [1.29, 1.82) is 0 Å². The molecule has 1 aromatic rings. The Morgan fingerprint density at radius 2 is 1.88 bits per heavy atom. The zero-order chi connectivity index (χ0) is 12.4. The van der Waals surface area contributed by atoms with Crippen molar-refractivity contribution in [3.63, 3.8) is 0 Å². The van der Waals surface area contributed by atoms with E-state index >= 15 is 0 Å². The second-order valence-corrected chi connectivity index (χ2v) is 4.81. The summed E-state index contributed by atoms with van der Waals surface area (Å²) in [5.74, 6) is -1.66. The molecular weight excluding hydrogens is 222 g/mol. The van der Waals surface area contributed by atoms with Crippen LogP contribution in [-0.4, -0.2) is 5.78 Å². The van der Waals surface area contributed by atoms with Crippen molar-refractivity contribution < 1.29 is 13.6 Å². The first-order valence-electron chi connectivity index (χ1n) is 6.05. The van der Waals surface area contributed by atoms with Gasteiger partial charge in [-0.2, -0.15) is 0 Å². The predicted molar refractivity (Wildman–Crippen MR) is 61.7 cm³/mol. The monoisotopic (exact) mass is 238 g/mol. The Morgan fingerprint density at radius 3 is 2.41 bits per heavy atom. The number of benzene rings is 1. The molecule has 0 heterocycles. The van der Waals surface area contributed by atoms with Crippen molar-refractivity contribution in [3.05, 3.63) is 35.4 Å². The summed E-state index contributed by atoms with van der Waals surface area (Å²) in [5, 5.41) is 0. The molecule has 1 aliphatic rings. The fraction of sp³-hybridized carbons (Fsp3) is 0.500. The van der Waals surface area contributed by atoms with Crippen LogP contribution >= 0.6 is 0 Å². The Labute approximate surface area is 99.8 Å². The molecule has 1 nitrogen and oxygen atoms in total. The molecule has 0 aliphatic heterocycles. The van der Waals surface area contributed by atoms with Crippen molar-refractivity contribution in [2.75, 3.05) is 0 Å². The average molecular weight is 238 g/mol. The maximum Gasteiger partial charge on any atom is 0.159 e. The summed E-state index contributed by atoms with van der Waals surface area (Å²) >= 11 is 0. The Bertz CT molecular complexity index is 422. The van der Waals surface area contributed by atoms with E-state index < -0.39 is 11.6 Å². The van der Waals surface area contributed by atoms with Crippen LogP contribution in [0, 0.1) is 17.6 Å². The Kier molecular flexibility index (Phi) is 3.55. The third-order valence-corrected chi connectivity index (χ3v) is 3.61. The summed E-state index contributed by atoms with van der Waals surface area (Å²) in [5.41, 5.74) is 0.614. The third kappa shape index (κ3) is 2.54. The van der Waals surface area contributed by atoms with E-state index in [1.54, 1.807) is 0 Å². The van der Waals surface area contributed by atoms with Gasteiger partial charge >= 0.3 is 0 Å². The quantitative estimate of drug-likeness (QED) is 0.782. The van der Waals surface area contributed by atoms with Crippen LogP contribution in [0.5, 0.6) is 0 Å². The predicted octanol–water partition coefficient (Wildman–Crippen LogP) is 3.83. The van der Waals surface area contributed by atoms with E-state index in [2.05, 4.69) is 0 Å². The van der Waals surface area contributed by atoms with Gasteiger partial charge in [-0.3, -0.25) is 4.79 Å². The molecule has 1 unspecified atom stereocenters. The largest absolute Gasteiger partial charge is 0.299 e. The highest BCUT2D eigenvalue weighted by atomic mass is 19.2. The molecule has 17 heavy (non-hydrogen) atoms. The Morgan fingerprint density at radius 1 is 1.24 bits per heavy atom. The molecule has 92 valence electrons. The molecule has 0 N–H and O–H groups in total. The van der Waals surface area contributed by atoms with Gasteiger partial charge in [0.05, 0.1) is 0 Å². The molecule has 0 bridgehead atoms. The highest BCUT2D eigenvalue weighted by Crippen LogP contribution is 2.38. The van der Waals surface area contributed by atoms with Gasteiger partial charge in [-0.25, -0.2) is 8.78 Å². The first kappa shape index (κ1) is 12.2. The molecular formula is C14H16F2O. The highest BCUT2D eigenvalue weighted by molar-refractivity contribution is 5.83. The van der Waals surface area contributed by atoms with Crippen LogP contribution in [0.15, 0.2) is 18.2 Å². The Hall–Kier alpha value is -1.25. The minimum atomic E-state index is -0.869. The van der Waals surface area contributed by atoms with E-state index in [1.165, 1.54) is 19.1 Å². The molecule has 0 saturated heterocycles. The minimum absolute atomic E-state index is 0.0444. The topological polar surface area (TPSA) is 17.1 Å². The van der Waals surface area contributed by atoms with E-state index in [-0.39, 0.29) is 17.6 Å². The minimum Gasteiger partial charge on any atom is -0.299 e. The lowest BCUT2D eigenvalue weighted by atomic mass is 9.82. The maximum absolute atomic E-state index is 13.2. The number of ketones is 1. The molecule has 3 heteroatoms. The summed E-state index contributed by atoms with van der Waals surface area (Å²) in [4.78, 5) is 11.7. The van der Waals surface area contributed by atoms with Gasteiger partial charge in [0.15, 0.2) is 11.6 Å². The summed E-state index contributed by atoms with van der Waals surface area (Å²) in [6, 6.07) is 3.80. The number of halogens is 2. The number of carbonyl (C=O) groups excluding carboxylic acids is 1. The van der Waals surface area contributed by atoms with Crippen LogP contribution in [0.1, 0.15) is 44.1 Å². The summed E-state index contributed by atoms with van der Waals surface area (Å²) in [6.07, 6.45) is 4.25. The SMILES string of the molecule is CC(=O)C(c1ccc(F)c(F)c1)C1CCCC1. The Balaban J connectivity index is 2.31. The van der Waals surface area contributed by atoms with Crippen molar-refractivity contribution in [2.24, 2.45) is 5.92 Å². The normalized spacial score (nSPS) is 18.3. The van der Waals surface area contributed by atoms with Crippen molar-refractivity contribution >= 4 is 5.78 Å². The average Bonchev–Trinajstić information content (AvgIpc) is 2.76. The highest BCUT2D eigenvalue weighted by Gasteiger charge is 2.30.